The molecular formula is C12H16N2. The molecule has 1 aromatic carbocycles. The second-order valence-corrected chi connectivity index (χ2v) is 4.07. The van der Waals surface area contributed by atoms with Crippen molar-refractivity contribution in [3.05, 3.63) is 35.9 Å². The van der Waals surface area contributed by atoms with Crippen molar-refractivity contribution >= 4 is 5.84 Å². The van der Waals surface area contributed by atoms with Crippen LogP contribution in [0, 0.1) is 5.41 Å². The molecule has 2 heteroatoms. The molecule has 14 heavy (non-hydrogen) atoms. The van der Waals surface area contributed by atoms with Crippen LogP contribution < -0.4 is 5.73 Å². The van der Waals surface area contributed by atoms with Gasteiger partial charge in [0.05, 0.1) is 5.41 Å². The maximum absolute atomic E-state index is 7.75. The van der Waals surface area contributed by atoms with Crippen molar-refractivity contribution in [1.82, 2.24) is 0 Å². The third-order valence-electron chi connectivity index (χ3n) is 3.30. The van der Waals surface area contributed by atoms with Gasteiger partial charge in [-0.15, -0.1) is 0 Å². The van der Waals surface area contributed by atoms with E-state index in [1.54, 1.807) is 0 Å². The van der Waals surface area contributed by atoms with Crippen LogP contribution in [0.15, 0.2) is 30.3 Å². The van der Waals surface area contributed by atoms with E-state index in [2.05, 4.69) is 12.1 Å². The van der Waals surface area contributed by atoms with Crippen LogP contribution in [0.25, 0.3) is 0 Å². The van der Waals surface area contributed by atoms with Gasteiger partial charge in [-0.2, -0.15) is 0 Å². The van der Waals surface area contributed by atoms with Gasteiger partial charge in [-0.05, 0) is 18.4 Å². The number of rotatable bonds is 2. The molecule has 0 unspecified atom stereocenters. The summed E-state index contributed by atoms with van der Waals surface area (Å²) < 4.78 is 0. The minimum atomic E-state index is -0.152. The van der Waals surface area contributed by atoms with Crippen molar-refractivity contribution in [2.45, 2.75) is 31.1 Å². The van der Waals surface area contributed by atoms with E-state index < -0.39 is 0 Å². The molecule has 0 saturated heterocycles. The van der Waals surface area contributed by atoms with Gasteiger partial charge in [-0.25, -0.2) is 0 Å². The largest absolute Gasteiger partial charge is 0.387 e. The zero-order valence-corrected chi connectivity index (χ0v) is 8.29. The van der Waals surface area contributed by atoms with Gasteiger partial charge >= 0.3 is 0 Å². The Morgan fingerprint density at radius 1 is 1.14 bits per heavy atom. The summed E-state index contributed by atoms with van der Waals surface area (Å²) in [5.41, 5.74) is 6.81. The Balaban J connectivity index is 2.42. The number of hydrogen-bond donors (Lipinski definition) is 2. The fourth-order valence-electron chi connectivity index (χ4n) is 2.45. The van der Waals surface area contributed by atoms with Crippen LogP contribution in [-0.4, -0.2) is 5.84 Å². The van der Waals surface area contributed by atoms with E-state index in [0.29, 0.717) is 5.84 Å². The summed E-state index contributed by atoms with van der Waals surface area (Å²) in [6.07, 6.45) is 4.45. The van der Waals surface area contributed by atoms with Crippen molar-refractivity contribution in [3.63, 3.8) is 0 Å². The number of nitrogens with one attached hydrogen (secondary N) is 1. The van der Waals surface area contributed by atoms with E-state index in [1.165, 1.54) is 18.4 Å². The van der Waals surface area contributed by atoms with E-state index in [4.69, 9.17) is 11.1 Å². The SMILES string of the molecule is N=C(N)C1(c2ccccc2)CCCC1. The Hall–Kier alpha value is -1.31. The van der Waals surface area contributed by atoms with Gasteiger partial charge < -0.3 is 5.73 Å². The van der Waals surface area contributed by atoms with E-state index >= 15 is 0 Å². The maximum Gasteiger partial charge on any atom is 0.101 e. The lowest BCUT2D eigenvalue weighted by Crippen LogP contribution is -2.38. The minimum Gasteiger partial charge on any atom is -0.387 e. The predicted octanol–water partition coefficient (Wildman–Crippen LogP) is 2.43. The van der Waals surface area contributed by atoms with Crippen LogP contribution in [-0.2, 0) is 5.41 Å². The molecular weight excluding hydrogens is 172 g/mol. The predicted molar refractivity (Wildman–Crippen MR) is 58.5 cm³/mol. The molecule has 1 aliphatic rings. The molecule has 1 fully saturated rings. The lowest BCUT2D eigenvalue weighted by Gasteiger charge is -2.27. The lowest BCUT2D eigenvalue weighted by molar-refractivity contribution is 0.590. The Morgan fingerprint density at radius 3 is 2.21 bits per heavy atom. The molecule has 3 N–H and O–H groups in total. The molecule has 2 nitrogen and oxygen atoms in total. The summed E-state index contributed by atoms with van der Waals surface area (Å²) in [7, 11) is 0. The molecule has 0 aromatic heterocycles. The molecule has 74 valence electrons. The Labute approximate surface area is 84.6 Å². The first-order valence-electron chi connectivity index (χ1n) is 5.16. The molecule has 0 bridgehead atoms. The summed E-state index contributed by atoms with van der Waals surface area (Å²) in [5, 5.41) is 7.75. The zero-order valence-electron chi connectivity index (χ0n) is 8.29. The van der Waals surface area contributed by atoms with Gasteiger partial charge in [-0.1, -0.05) is 43.2 Å². The van der Waals surface area contributed by atoms with Crippen LogP contribution in [0.3, 0.4) is 0 Å². The summed E-state index contributed by atoms with van der Waals surface area (Å²) in [6.45, 7) is 0. The highest BCUT2D eigenvalue weighted by atomic mass is 14.8. The highest BCUT2D eigenvalue weighted by Crippen LogP contribution is 2.40. The Morgan fingerprint density at radius 2 is 1.71 bits per heavy atom. The van der Waals surface area contributed by atoms with Crippen LogP contribution in [0.1, 0.15) is 31.2 Å². The van der Waals surface area contributed by atoms with Crippen LogP contribution in [0.4, 0.5) is 0 Å². The molecule has 2 rings (SSSR count). The third-order valence-corrected chi connectivity index (χ3v) is 3.30. The van der Waals surface area contributed by atoms with Crippen LogP contribution in [0.2, 0.25) is 0 Å². The van der Waals surface area contributed by atoms with Crippen molar-refractivity contribution < 1.29 is 0 Å². The quantitative estimate of drug-likeness (QED) is 0.543. The highest BCUT2D eigenvalue weighted by molar-refractivity contribution is 5.89. The Kier molecular flexibility index (Phi) is 2.28. The van der Waals surface area contributed by atoms with Gasteiger partial charge in [0.1, 0.15) is 5.84 Å². The average molecular weight is 188 g/mol. The first-order chi connectivity index (χ1) is 6.76. The molecule has 0 radical (unpaired) electrons. The second-order valence-electron chi connectivity index (χ2n) is 4.07. The number of benzene rings is 1. The summed E-state index contributed by atoms with van der Waals surface area (Å²) in [6, 6.07) is 10.2. The highest BCUT2D eigenvalue weighted by Gasteiger charge is 2.38. The van der Waals surface area contributed by atoms with Gasteiger partial charge in [0.2, 0.25) is 0 Å². The van der Waals surface area contributed by atoms with Crippen molar-refractivity contribution in [3.8, 4) is 0 Å². The van der Waals surface area contributed by atoms with Gasteiger partial charge in [0.15, 0.2) is 0 Å². The average Bonchev–Trinajstić information content (AvgIpc) is 2.69. The van der Waals surface area contributed by atoms with Gasteiger partial charge in [0.25, 0.3) is 0 Å². The molecule has 0 aliphatic heterocycles. The summed E-state index contributed by atoms with van der Waals surface area (Å²) in [5.74, 6) is 0.334. The van der Waals surface area contributed by atoms with Gasteiger partial charge in [-0.3, -0.25) is 5.41 Å². The van der Waals surface area contributed by atoms with E-state index in [1.807, 2.05) is 18.2 Å². The summed E-state index contributed by atoms with van der Waals surface area (Å²) in [4.78, 5) is 0. The fraction of sp³-hybridized carbons (Fsp3) is 0.417. The third kappa shape index (κ3) is 1.31. The topological polar surface area (TPSA) is 49.9 Å². The lowest BCUT2D eigenvalue weighted by atomic mass is 9.78. The Bertz CT molecular complexity index is 323. The monoisotopic (exact) mass is 188 g/mol. The number of nitrogens with two attached hydrogens (primary N) is 1. The number of amidine groups is 1. The fourth-order valence-corrected chi connectivity index (χ4v) is 2.45. The normalized spacial score (nSPS) is 19.4. The number of hydrogen-bond acceptors (Lipinski definition) is 1. The maximum atomic E-state index is 7.75. The zero-order chi connectivity index (χ0) is 10.0. The first kappa shape index (κ1) is 9.25. The standard InChI is InChI=1S/C12H16N2/c13-11(14)12(8-4-5-9-12)10-6-2-1-3-7-10/h1-3,6-7H,4-5,8-9H2,(H3,13,14). The van der Waals surface area contributed by atoms with E-state index in [-0.39, 0.29) is 5.41 Å². The van der Waals surface area contributed by atoms with Crippen molar-refractivity contribution in [2.75, 3.05) is 0 Å². The minimum absolute atomic E-state index is 0.152. The smallest absolute Gasteiger partial charge is 0.101 e. The summed E-state index contributed by atoms with van der Waals surface area (Å²) >= 11 is 0. The van der Waals surface area contributed by atoms with Crippen LogP contribution >= 0.6 is 0 Å². The van der Waals surface area contributed by atoms with Gasteiger partial charge in [0, 0.05) is 0 Å². The molecule has 1 aromatic rings. The molecule has 0 amide bonds. The molecule has 1 aliphatic carbocycles. The first-order valence-corrected chi connectivity index (χ1v) is 5.16. The van der Waals surface area contributed by atoms with Crippen LogP contribution in [0.5, 0.6) is 0 Å². The van der Waals surface area contributed by atoms with E-state index in [0.717, 1.165) is 12.8 Å². The molecule has 0 heterocycles. The van der Waals surface area contributed by atoms with E-state index in [9.17, 15) is 0 Å². The molecule has 0 atom stereocenters. The molecule has 0 spiro atoms. The molecule has 1 saturated carbocycles. The van der Waals surface area contributed by atoms with Crippen molar-refractivity contribution in [1.29, 1.82) is 5.41 Å². The second kappa shape index (κ2) is 3.45. The van der Waals surface area contributed by atoms with Crippen molar-refractivity contribution in [2.24, 2.45) is 5.73 Å².